The number of pyridine rings is 1. The van der Waals surface area contributed by atoms with Gasteiger partial charge in [-0.05, 0) is 36.6 Å². The summed E-state index contributed by atoms with van der Waals surface area (Å²) in [5.74, 6) is 0.518. The number of unbranched alkanes of at least 4 members (excludes halogenated alkanes) is 1. The molecule has 0 bridgehead atoms. The fraction of sp³-hybridized carbons (Fsp3) is 0.368. The molecule has 154 valence electrons. The number of halogens is 4. The predicted molar refractivity (Wildman–Crippen MR) is 115 cm³/mol. The van der Waals surface area contributed by atoms with Gasteiger partial charge in [-0.15, -0.1) is 24.0 Å². The van der Waals surface area contributed by atoms with Crippen LogP contribution in [0.5, 0.6) is 0 Å². The van der Waals surface area contributed by atoms with Gasteiger partial charge in [0.15, 0.2) is 5.96 Å². The van der Waals surface area contributed by atoms with E-state index in [-0.39, 0.29) is 36.1 Å². The lowest BCUT2D eigenvalue weighted by atomic mass is 10.1. The summed E-state index contributed by atoms with van der Waals surface area (Å²) in [7, 11) is 1.60. The standard InChI is InChI=1S/C19H23F3N4O.HI/c1-23-18(24-10-3-5-12-26-11-4-2-9-17(26)27)25-14-15-7-6-8-16(13-15)19(20,21)22;/h2,4,6-9,11,13H,3,5,10,12,14H2,1H3,(H2,23,24,25);1H. The number of alkyl halides is 3. The number of aryl methyl sites for hydroxylation is 1. The van der Waals surface area contributed by atoms with Crippen molar-refractivity contribution in [1.29, 1.82) is 0 Å². The lowest BCUT2D eigenvalue weighted by molar-refractivity contribution is -0.137. The van der Waals surface area contributed by atoms with Crippen LogP contribution in [0.15, 0.2) is 58.4 Å². The zero-order valence-electron chi connectivity index (χ0n) is 15.5. The number of aliphatic imine (C=N–C) groups is 1. The van der Waals surface area contributed by atoms with Crippen molar-refractivity contribution in [3.63, 3.8) is 0 Å². The Morgan fingerprint density at radius 3 is 2.57 bits per heavy atom. The second-order valence-electron chi connectivity index (χ2n) is 5.99. The average molecular weight is 508 g/mol. The number of hydrogen-bond donors (Lipinski definition) is 2. The second-order valence-corrected chi connectivity index (χ2v) is 5.99. The SMILES string of the molecule is CN=C(NCCCCn1ccccc1=O)NCc1cccc(C(F)(F)F)c1.I. The second kappa shape index (κ2) is 11.7. The van der Waals surface area contributed by atoms with Crippen molar-refractivity contribution in [2.75, 3.05) is 13.6 Å². The number of nitrogens with zero attached hydrogens (tertiary/aromatic N) is 2. The molecule has 9 heteroatoms. The van der Waals surface area contributed by atoms with E-state index in [4.69, 9.17) is 0 Å². The number of hydrogen-bond acceptors (Lipinski definition) is 2. The fourth-order valence-electron chi connectivity index (χ4n) is 2.52. The van der Waals surface area contributed by atoms with E-state index in [1.165, 1.54) is 12.1 Å². The van der Waals surface area contributed by atoms with Gasteiger partial charge in [-0.2, -0.15) is 13.2 Å². The molecule has 5 nitrogen and oxygen atoms in total. The van der Waals surface area contributed by atoms with Gasteiger partial charge in [-0.25, -0.2) is 0 Å². The van der Waals surface area contributed by atoms with Gasteiger partial charge in [-0.3, -0.25) is 9.79 Å². The zero-order valence-corrected chi connectivity index (χ0v) is 17.8. The van der Waals surface area contributed by atoms with Crippen molar-refractivity contribution in [2.45, 2.75) is 32.1 Å². The molecule has 0 atom stereocenters. The molecular formula is C19H24F3IN4O. The van der Waals surface area contributed by atoms with Crippen LogP contribution in [0.1, 0.15) is 24.0 Å². The number of nitrogens with one attached hydrogen (secondary N) is 2. The molecule has 2 N–H and O–H groups in total. The van der Waals surface area contributed by atoms with Crippen molar-refractivity contribution < 1.29 is 13.2 Å². The highest BCUT2D eigenvalue weighted by Crippen LogP contribution is 2.29. The summed E-state index contributed by atoms with van der Waals surface area (Å²) in [6, 6.07) is 10.2. The van der Waals surface area contributed by atoms with E-state index >= 15 is 0 Å². The van der Waals surface area contributed by atoms with Crippen LogP contribution in [0.25, 0.3) is 0 Å². The first-order chi connectivity index (χ1) is 12.9. The molecule has 28 heavy (non-hydrogen) atoms. The van der Waals surface area contributed by atoms with Crippen LogP contribution in [-0.2, 0) is 19.3 Å². The van der Waals surface area contributed by atoms with Gasteiger partial charge in [0.05, 0.1) is 5.56 Å². The van der Waals surface area contributed by atoms with Gasteiger partial charge < -0.3 is 15.2 Å². The van der Waals surface area contributed by atoms with Crippen molar-refractivity contribution in [1.82, 2.24) is 15.2 Å². The van der Waals surface area contributed by atoms with E-state index in [0.717, 1.165) is 25.0 Å². The molecule has 0 spiro atoms. The molecule has 0 radical (unpaired) electrons. The zero-order chi connectivity index (χ0) is 19.7. The summed E-state index contributed by atoms with van der Waals surface area (Å²) >= 11 is 0. The summed E-state index contributed by atoms with van der Waals surface area (Å²) in [5.41, 5.74) is -0.166. The summed E-state index contributed by atoms with van der Waals surface area (Å²) in [6.07, 6.45) is -0.949. The molecule has 0 aliphatic carbocycles. The van der Waals surface area contributed by atoms with E-state index < -0.39 is 11.7 Å². The molecule has 0 amide bonds. The Labute approximate surface area is 179 Å². The molecule has 0 saturated heterocycles. The van der Waals surface area contributed by atoms with E-state index in [2.05, 4.69) is 15.6 Å². The molecule has 1 aromatic heterocycles. The molecular weight excluding hydrogens is 484 g/mol. The minimum Gasteiger partial charge on any atom is -0.356 e. The van der Waals surface area contributed by atoms with Gasteiger partial charge in [0, 0.05) is 38.9 Å². The minimum absolute atomic E-state index is 0. The Balaban J connectivity index is 0.00000392. The normalized spacial score (nSPS) is 11.6. The topological polar surface area (TPSA) is 58.4 Å². The maximum atomic E-state index is 12.7. The first-order valence-electron chi connectivity index (χ1n) is 8.66. The Morgan fingerprint density at radius 2 is 1.89 bits per heavy atom. The largest absolute Gasteiger partial charge is 0.416 e. The summed E-state index contributed by atoms with van der Waals surface area (Å²) in [5, 5.41) is 6.11. The number of benzene rings is 1. The van der Waals surface area contributed by atoms with Gasteiger partial charge in [0.25, 0.3) is 0 Å². The first kappa shape index (κ1) is 24.0. The Bertz CT molecular complexity index is 821. The highest BCUT2D eigenvalue weighted by molar-refractivity contribution is 14.0. The van der Waals surface area contributed by atoms with E-state index in [9.17, 15) is 18.0 Å². The van der Waals surface area contributed by atoms with Crippen molar-refractivity contribution >= 4 is 29.9 Å². The van der Waals surface area contributed by atoms with Gasteiger partial charge in [0.2, 0.25) is 5.56 Å². The molecule has 2 aromatic rings. The maximum absolute atomic E-state index is 12.7. The molecule has 0 saturated carbocycles. The summed E-state index contributed by atoms with van der Waals surface area (Å²) in [4.78, 5) is 15.7. The molecule has 0 aliphatic rings. The van der Waals surface area contributed by atoms with Crippen molar-refractivity contribution in [3.8, 4) is 0 Å². The summed E-state index contributed by atoms with van der Waals surface area (Å²) in [6.45, 7) is 1.52. The Hall–Kier alpha value is -2.04. The van der Waals surface area contributed by atoms with Crippen molar-refractivity contribution in [3.05, 3.63) is 70.1 Å². The van der Waals surface area contributed by atoms with E-state index in [0.29, 0.717) is 24.6 Å². The lowest BCUT2D eigenvalue weighted by Crippen LogP contribution is -2.37. The van der Waals surface area contributed by atoms with Gasteiger partial charge in [0.1, 0.15) is 0 Å². The molecule has 0 fully saturated rings. The van der Waals surface area contributed by atoms with E-state index in [1.807, 2.05) is 6.07 Å². The fourth-order valence-corrected chi connectivity index (χ4v) is 2.52. The van der Waals surface area contributed by atoms with Gasteiger partial charge >= 0.3 is 6.18 Å². The third kappa shape index (κ3) is 7.91. The average Bonchev–Trinajstić information content (AvgIpc) is 2.65. The highest BCUT2D eigenvalue weighted by Gasteiger charge is 2.30. The molecule has 0 unspecified atom stereocenters. The van der Waals surface area contributed by atoms with Crippen LogP contribution >= 0.6 is 24.0 Å². The first-order valence-corrected chi connectivity index (χ1v) is 8.66. The quantitative estimate of drug-likeness (QED) is 0.260. The number of aromatic nitrogens is 1. The van der Waals surface area contributed by atoms with E-state index in [1.54, 1.807) is 29.9 Å². The van der Waals surface area contributed by atoms with Crippen LogP contribution in [0.3, 0.4) is 0 Å². The number of guanidine groups is 1. The lowest BCUT2D eigenvalue weighted by Gasteiger charge is -2.13. The van der Waals surface area contributed by atoms with Crippen LogP contribution in [0, 0.1) is 0 Å². The monoisotopic (exact) mass is 508 g/mol. The smallest absolute Gasteiger partial charge is 0.356 e. The molecule has 2 rings (SSSR count). The minimum atomic E-state index is -4.35. The van der Waals surface area contributed by atoms with Crippen LogP contribution < -0.4 is 16.2 Å². The number of rotatable bonds is 7. The van der Waals surface area contributed by atoms with Crippen LogP contribution in [0.2, 0.25) is 0 Å². The third-order valence-corrected chi connectivity index (χ3v) is 3.96. The van der Waals surface area contributed by atoms with Crippen LogP contribution in [0.4, 0.5) is 13.2 Å². The molecule has 1 aromatic carbocycles. The van der Waals surface area contributed by atoms with Gasteiger partial charge in [-0.1, -0.05) is 18.2 Å². The molecule has 1 heterocycles. The summed E-state index contributed by atoms with van der Waals surface area (Å²) < 4.78 is 39.9. The Morgan fingerprint density at radius 1 is 1.11 bits per heavy atom. The van der Waals surface area contributed by atoms with Crippen molar-refractivity contribution in [2.24, 2.45) is 4.99 Å². The molecule has 0 aliphatic heterocycles. The Kier molecular flexibility index (Phi) is 10.0. The van der Waals surface area contributed by atoms with Crippen LogP contribution in [-0.4, -0.2) is 24.1 Å². The maximum Gasteiger partial charge on any atom is 0.416 e. The highest BCUT2D eigenvalue weighted by atomic mass is 127. The predicted octanol–water partition coefficient (Wildman–Crippen LogP) is 3.63. The third-order valence-electron chi connectivity index (χ3n) is 3.96.